The number of ether oxygens (including phenoxy) is 1. The average Bonchev–Trinajstić information content (AvgIpc) is 2.85. The number of amides is 2. The zero-order chi connectivity index (χ0) is 17.8. The molecule has 5 nitrogen and oxygen atoms in total. The topological polar surface area (TPSA) is 58.6 Å². The molecule has 1 N–H and O–H groups in total. The van der Waals surface area contributed by atoms with Crippen LogP contribution in [0.25, 0.3) is 5.57 Å². The van der Waals surface area contributed by atoms with Gasteiger partial charge in [-0.25, -0.2) is 0 Å². The predicted molar refractivity (Wildman–Crippen MR) is 96.8 cm³/mol. The Kier molecular flexibility index (Phi) is 4.95. The first-order valence-corrected chi connectivity index (χ1v) is 8.10. The fourth-order valence-corrected chi connectivity index (χ4v) is 2.73. The molecule has 0 bridgehead atoms. The van der Waals surface area contributed by atoms with E-state index in [1.54, 1.807) is 7.11 Å². The Balaban J connectivity index is 2.02. The quantitative estimate of drug-likeness (QED) is 0.824. The van der Waals surface area contributed by atoms with Crippen molar-refractivity contribution in [3.8, 4) is 0 Å². The van der Waals surface area contributed by atoms with Gasteiger partial charge in [-0.2, -0.15) is 0 Å². The zero-order valence-electron chi connectivity index (χ0n) is 14.3. The van der Waals surface area contributed by atoms with Crippen LogP contribution in [0.5, 0.6) is 0 Å². The van der Waals surface area contributed by atoms with Gasteiger partial charge in [0.15, 0.2) is 0 Å². The van der Waals surface area contributed by atoms with Crippen molar-refractivity contribution in [2.24, 2.45) is 0 Å². The second-order valence-electron chi connectivity index (χ2n) is 5.86. The molecular weight excluding hydrogens is 316 g/mol. The summed E-state index contributed by atoms with van der Waals surface area (Å²) in [4.78, 5) is 26.9. The number of nitrogens with one attached hydrogen (secondary N) is 1. The normalized spacial score (nSPS) is 14.4. The van der Waals surface area contributed by atoms with Crippen LogP contribution in [-0.4, -0.2) is 37.0 Å². The molecule has 0 radical (unpaired) electrons. The molecule has 0 fully saturated rings. The standard InChI is InChI=1S/C20H20N2O3/c1-14-8-10-15(11-9-14)17-18(21-16-6-4-3-5-7-16)20(24)22(19(17)23)12-13-25-2/h3-11,21H,12-13H2,1-2H3. The lowest BCUT2D eigenvalue weighted by molar-refractivity contribution is -0.137. The highest BCUT2D eigenvalue weighted by atomic mass is 16.5. The summed E-state index contributed by atoms with van der Waals surface area (Å²) < 4.78 is 5.03. The molecule has 0 saturated carbocycles. The van der Waals surface area contributed by atoms with E-state index in [1.807, 2.05) is 61.5 Å². The van der Waals surface area contributed by atoms with Crippen molar-refractivity contribution in [3.05, 3.63) is 71.4 Å². The largest absolute Gasteiger partial charge is 0.383 e. The van der Waals surface area contributed by atoms with Crippen LogP contribution in [0.4, 0.5) is 5.69 Å². The van der Waals surface area contributed by atoms with Gasteiger partial charge < -0.3 is 10.1 Å². The van der Waals surface area contributed by atoms with E-state index in [4.69, 9.17) is 4.74 Å². The molecule has 3 rings (SSSR count). The van der Waals surface area contributed by atoms with E-state index in [-0.39, 0.29) is 18.4 Å². The molecule has 2 aromatic carbocycles. The summed E-state index contributed by atoms with van der Waals surface area (Å²) in [5.74, 6) is -0.634. The Hall–Kier alpha value is -2.92. The van der Waals surface area contributed by atoms with Gasteiger partial charge in [0.25, 0.3) is 11.8 Å². The molecule has 0 unspecified atom stereocenters. The summed E-state index contributed by atoms with van der Waals surface area (Å²) in [6.45, 7) is 2.51. The lowest BCUT2D eigenvalue weighted by atomic mass is 10.0. The smallest absolute Gasteiger partial charge is 0.278 e. The van der Waals surface area contributed by atoms with Gasteiger partial charge in [0.05, 0.1) is 18.7 Å². The van der Waals surface area contributed by atoms with Crippen molar-refractivity contribution in [1.82, 2.24) is 4.90 Å². The van der Waals surface area contributed by atoms with Crippen LogP contribution in [0.2, 0.25) is 0 Å². The van der Waals surface area contributed by atoms with Crippen LogP contribution in [0.3, 0.4) is 0 Å². The van der Waals surface area contributed by atoms with Crippen LogP contribution in [0, 0.1) is 6.92 Å². The summed E-state index contributed by atoms with van der Waals surface area (Å²) in [5.41, 5.74) is 3.27. The number of anilines is 1. The zero-order valence-corrected chi connectivity index (χ0v) is 14.3. The molecule has 2 aromatic rings. The number of methoxy groups -OCH3 is 1. The van der Waals surface area contributed by atoms with Crippen LogP contribution in [-0.2, 0) is 14.3 Å². The highest BCUT2D eigenvalue weighted by molar-refractivity contribution is 6.36. The molecule has 0 aliphatic carbocycles. The number of imide groups is 1. The molecule has 2 amide bonds. The molecule has 1 aliphatic rings. The summed E-state index contributed by atoms with van der Waals surface area (Å²) in [6.07, 6.45) is 0. The SMILES string of the molecule is COCCN1C(=O)C(Nc2ccccc2)=C(c2ccc(C)cc2)C1=O. The van der Waals surface area contributed by atoms with Crippen molar-refractivity contribution in [2.45, 2.75) is 6.92 Å². The van der Waals surface area contributed by atoms with E-state index in [0.717, 1.165) is 16.8 Å². The van der Waals surface area contributed by atoms with Gasteiger partial charge in [0.1, 0.15) is 5.70 Å². The second kappa shape index (κ2) is 7.32. The third-order valence-electron chi connectivity index (χ3n) is 4.07. The Morgan fingerprint density at radius 3 is 2.28 bits per heavy atom. The van der Waals surface area contributed by atoms with Gasteiger partial charge in [0, 0.05) is 12.8 Å². The fraction of sp³-hybridized carbons (Fsp3) is 0.200. The molecule has 0 spiro atoms. The summed E-state index contributed by atoms with van der Waals surface area (Å²) in [6, 6.07) is 16.9. The molecule has 5 heteroatoms. The van der Waals surface area contributed by atoms with Crippen molar-refractivity contribution in [2.75, 3.05) is 25.6 Å². The van der Waals surface area contributed by atoms with Crippen molar-refractivity contribution in [3.63, 3.8) is 0 Å². The Morgan fingerprint density at radius 2 is 1.64 bits per heavy atom. The molecule has 1 heterocycles. The first-order valence-electron chi connectivity index (χ1n) is 8.10. The van der Waals surface area contributed by atoms with Gasteiger partial charge in [-0.05, 0) is 24.6 Å². The maximum Gasteiger partial charge on any atom is 0.278 e. The number of carbonyl (C=O) groups excluding carboxylic acids is 2. The first kappa shape index (κ1) is 16.9. The van der Waals surface area contributed by atoms with E-state index in [2.05, 4.69) is 5.32 Å². The predicted octanol–water partition coefficient (Wildman–Crippen LogP) is 2.83. The number of benzene rings is 2. The third-order valence-corrected chi connectivity index (χ3v) is 4.07. The molecule has 0 aromatic heterocycles. The van der Waals surface area contributed by atoms with E-state index < -0.39 is 0 Å². The minimum absolute atomic E-state index is 0.226. The minimum Gasteiger partial charge on any atom is -0.383 e. The Bertz CT molecular complexity index is 811. The minimum atomic E-state index is -0.332. The fourth-order valence-electron chi connectivity index (χ4n) is 2.73. The Morgan fingerprint density at radius 1 is 0.960 bits per heavy atom. The van der Waals surface area contributed by atoms with E-state index >= 15 is 0 Å². The highest BCUT2D eigenvalue weighted by Gasteiger charge is 2.38. The van der Waals surface area contributed by atoms with Crippen LogP contribution in [0.1, 0.15) is 11.1 Å². The molecule has 0 saturated heterocycles. The number of carbonyl (C=O) groups is 2. The summed E-state index contributed by atoms with van der Waals surface area (Å²) >= 11 is 0. The Labute approximate surface area is 146 Å². The molecule has 1 aliphatic heterocycles. The molecule has 0 atom stereocenters. The third kappa shape index (κ3) is 3.46. The van der Waals surface area contributed by atoms with Gasteiger partial charge in [0.2, 0.25) is 0 Å². The molecular formula is C20H20N2O3. The number of aryl methyl sites for hydroxylation is 1. The summed E-state index contributed by atoms with van der Waals surface area (Å²) in [7, 11) is 1.54. The van der Waals surface area contributed by atoms with E-state index in [0.29, 0.717) is 17.9 Å². The maximum absolute atomic E-state index is 12.9. The average molecular weight is 336 g/mol. The van der Waals surface area contributed by atoms with E-state index in [9.17, 15) is 9.59 Å². The number of hydrogen-bond donors (Lipinski definition) is 1. The molecule has 25 heavy (non-hydrogen) atoms. The van der Waals surface area contributed by atoms with Crippen LogP contribution < -0.4 is 5.32 Å². The van der Waals surface area contributed by atoms with Crippen molar-refractivity contribution < 1.29 is 14.3 Å². The number of hydrogen-bond acceptors (Lipinski definition) is 4. The van der Waals surface area contributed by atoms with Gasteiger partial charge in [-0.1, -0.05) is 48.0 Å². The number of nitrogens with zero attached hydrogens (tertiary/aromatic N) is 1. The van der Waals surface area contributed by atoms with Crippen LogP contribution >= 0.6 is 0 Å². The van der Waals surface area contributed by atoms with Gasteiger partial charge in [-0.15, -0.1) is 0 Å². The lowest BCUT2D eigenvalue weighted by Crippen LogP contribution is -2.35. The number of para-hydroxylation sites is 1. The van der Waals surface area contributed by atoms with Gasteiger partial charge >= 0.3 is 0 Å². The van der Waals surface area contributed by atoms with Gasteiger partial charge in [-0.3, -0.25) is 14.5 Å². The number of rotatable bonds is 6. The monoisotopic (exact) mass is 336 g/mol. The lowest BCUT2D eigenvalue weighted by Gasteiger charge is -2.14. The summed E-state index contributed by atoms with van der Waals surface area (Å²) in [5, 5.41) is 3.12. The van der Waals surface area contributed by atoms with Crippen molar-refractivity contribution >= 4 is 23.1 Å². The second-order valence-corrected chi connectivity index (χ2v) is 5.86. The first-order chi connectivity index (χ1) is 12.1. The highest BCUT2D eigenvalue weighted by Crippen LogP contribution is 2.30. The van der Waals surface area contributed by atoms with E-state index in [1.165, 1.54) is 4.90 Å². The van der Waals surface area contributed by atoms with Crippen molar-refractivity contribution in [1.29, 1.82) is 0 Å². The molecule has 128 valence electrons. The van der Waals surface area contributed by atoms with Crippen LogP contribution in [0.15, 0.2) is 60.3 Å². The maximum atomic E-state index is 12.9.